The van der Waals surface area contributed by atoms with E-state index >= 15 is 0 Å². The van der Waals surface area contributed by atoms with Crippen LogP contribution < -0.4 is 10.1 Å². The van der Waals surface area contributed by atoms with Crippen molar-refractivity contribution >= 4 is 23.2 Å². The number of benzene rings is 2. The molecule has 1 N–H and O–H groups in total. The van der Waals surface area contributed by atoms with E-state index in [9.17, 15) is 4.39 Å². The summed E-state index contributed by atoms with van der Waals surface area (Å²) in [5, 5.41) is 3.90. The van der Waals surface area contributed by atoms with E-state index in [1.165, 1.54) is 6.07 Å². The van der Waals surface area contributed by atoms with Crippen molar-refractivity contribution in [3.05, 3.63) is 63.9 Å². The second-order valence-corrected chi connectivity index (χ2v) is 6.28. The van der Waals surface area contributed by atoms with Crippen molar-refractivity contribution in [1.29, 1.82) is 0 Å². The van der Waals surface area contributed by atoms with E-state index in [2.05, 4.69) is 5.32 Å². The number of nitrogens with one attached hydrogen (secondary N) is 1. The molecule has 1 heterocycles. The Morgan fingerprint density at radius 2 is 1.91 bits per heavy atom. The summed E-state index contributed by atoms with van der Waals surface area (Å²) in [6.45, 7) is 1.91. The van der Waals surface area contributed by atoms with Crippen LogP contribution in [-0.2, 0) is 0 Å². The summed E-state index contributed by atoms with van der Waals surface area (Å²) in [5.41, 5.74) is 0.772. The van der Waals surface area contributed by atoms with E-state index < -0.39 is 5.82 Å². The maximum Gasteiger partial charge on any atom is 0.142 e. The van der Waals surface area contributed by atoms with Gasteiger partial charge < -0.3 is 10.1 Å². The fourth-order valence-corrected chi connectivity index (χ4v) is 2.77. The molecule has 0 amide bonds. The molecule has 2 nitrogen and oxygen atoms in total. The van der Waals surface area contributed by atoms with Gasteiger partial charge in [-0.3, -0.25) is 0 Å². The van der Waals surface area contributed by atoms with Gasteiger partial charge in [0.1, 0.15) is 17.7 Å². The first-order chi connectivity index (χ1) is 10.6. The summed E-state index contributed by atoms with van der Waals surface area (Å²) in [6, 6.07) is 12.1. The van der Waals surface area contributed by atoms with Gasteiger partial charge in [-0.2, -0.15) is 0 Å². The lowest BCUT2D eigenvalue weighted by Crippen LogP contribution is -2.43. The van der Waals surface area contributed by atoms with Gasteiger partial charge in [0.05, 0.1) is 10.0 Å². The van der Waals surface area contributed by atoms with E-state index in [1.807, 2.05) is 18.2 Å². The van der Waals surface area contributed by atoms with Crippen molar-refractivity contribution in [3.63, 3.8) is 0 Å². The Morgan fingerprint density at radius 3 is 2.55 bits per heavy atom. The molecule has 2 aromatic rings. The fourth-order valence-electron chi connectivity index (χ4n) is 2.48. The molecule has 0 spiro atoms. The van der Waals surface area contributed by atoms with Crippen molar-refractivity contribution in [2.24, 2.45) is 5.92 Å². The highest BCUT2D eigenvalue weighted by Gasteiger charge is 2.25. The van der Waals surface area contributed by atoms with Gasteiger partial charge in [0.25, 0.3) is 0 Å². The summed E-state index contributed by atoms with van der Waals surface area (Å²) < 4.78 is 19.8. The normalized spacial score (nSPS) is 16.1. The van der Waals surface area contributed by atoms with Crippen molar-refractivity contribution < 1.29 is 9.13 Å². The summed E-state index contributed by atoms with van der Waals surface area (Å²) >= 11 is 11.9. The largest absolute Gasteiger partial charge is 0.484 e. The minimum atomic E-state index is -0.432. The number of para-hydroxylation sites is 1. The molecule has 0 radical (unpaired) electrons. The van der Waals surface area contributed by atoms with Crippen LogP contribution in [0.3, 0.4) is 0 Å². The maximum atomic E-state index is 13.8. The molecule has 1 saturated heterocycles. The Hall–Kier alpha value is -1.29. The summed E-state index contributed by atoms with van der Waals surface area (Å²) in [4.78, 5) is 0. The van der Waals surface area contributed by atoms with Gasteiger partial charge in [0.15, 0.2) is 0 Å². The zero-order valence-corrected chi connectivity index (χ0v) is 13.4. The lowest BCUT2D eigenvalue weighted by molar-refractivity contribution is 0.149. The van der Waals surface area contributed by atoms with Crippen LogP contribution in [0.15, 0.2) is 42.5 Å². The first kappa shape index (κ1) is 15.6. The molecule has 0 aromatic heterocycles. The third kappa shape index (κ3) is 3.54. The first-order valence-electron chi connectivity index (χ1n) is 7.20. The molecule has 1 unspecified atom stereocenters. The Balaban J connectivity index is 1.85. The van der Waals surface area contributed by atoms with Gasteiger partial charge in [0.2, 0.25) is 0 Å². The Kier molecular flexibility index (Phi) is 4.87. The fraction of sp³-hybridized carbons (Fsp3) is 0.294. The van der Waals surface area contributed by atoms with Crippen LogP contribution in [0.2, 0.25) is 10.0 Å². The van der Waals surface area contributed by atoms with Crippen LogP contribution in [0.1, 0.15) is 18.1 Å². The van der Waals surface area contributed by atoms with E-state index in [1.54, 1.807) is 18.2 Å². The van der Waals surface area contributed by atoms with Crippen LogP contribution in [0.25, 0.3) is 0 Å². The molecule has 1 atom stereocenters. The van der Waals surface area contributed by atoms with Crippen molar-refractivity contribution in [1.82, 2.24) is 5.32 Å². The standard InChI is InChI=1S/C17H16Cl2FNO/c18-13-6-5-12(8-15(13)20)17(7-11-9-21-10-11)22-16-4-2-1-3-14(16)19/h1-6,8,11,17,21H,7,9-10H2. The Labute approximate surface area is 139 Å². The van der Waals surface area contributed by atoms with Crippen LogP contribution in [0, 0.1) is 11.7 Å². The minimum absolute atomic E-state index is 0.116. The molecule has 22 heavy (non-hydrogen) atoms. The smallest absolute Gasteiger partial charge is 0.142 e. The van der Waals surface area contributed by atoms with Gasteiger partial charge >= 0.3 is 0 Å². The molecule has 1 fully saturated rings. The number of rotatable bonds is 5. The van der Waals surface area contributed by atoms with Gasteiger partial charge in [-0.05, 0) is 55.3 Å². The van der Waals surface area contributed by atoms with E-state index in [4.69, 9.17) is 27.9 Å². The number of ether oxygens (including phenoxy) is 1. The lowest BCUT2D eigenvalue weighted by Gasteiger charge is -2.31. The summed E-state index contributed by atoms with van der Waals surface area (Å²) in [6.07, 6.45) is 0.554. The van der Waals surface area contributed by atoms with Crippen molar-refractivity contribution in [2.45, 2.75) is 12.5 Å². The predicted octanol–water partition coefficient (Wildman–Crippen LogP) is 4.86. The molecule has 0 saturated carbocycles. The first-order valence-corrected chi connectivity index (χ1v) is 7.96. The Morgan fingerprint density at radius 1 is 1.14 bits per heavy atom. The minimum Gasteiger partial charge on any atom is -0.484 e. The third-order valence-corrected chi connectivity index (χ3v) is 4.45. The highest BCUT2D eigenvalue weighted by molar-refractivity contribution is 6.32. The molecule has 1 aliphatic heterocycles. The number of halogens is 3. The number of hydrogen-bond donors (Lipinski definition) is 1. The van der Waals surface area contributed by atoms with Gasteiger partial charge in [-0.15, -0.1) is 0 Å². The van der Waals surface area contributed by atoms with Crippen LogP contribution in [0.5, 0.6) is 5.75 Å². The van der Waals surface area contributed by atoms with Crippen LogP contribution >= 0.6 is 23.2 Å². The van der Waals surface area contributed by atoms with Crippen LogP contribution in [-0.4, -0.2) is 13.1 Å². The number of hydrogen-bond acceptors (Lipinski definition) is 2. The van der Waals surface area contributed by atoms with Crippen molar-refractivity contribution in [3.8, 4) is 5.75 Å². The summed E-state index contributed by atoms with van der Waals surface area (Å²) in [7, 11) is 0. The quantitative estimate of drug-likeness (QED) is 0.839. The average Bonchev–Trinajstić information content (AvgIpc) is 2.46. The zero-order valence-electron chi connectivity index (χ0n) is 11.9. The molecule has 2 aromatic carbocycles. The zero-order chi connectivity index (χ0) is 15.5. The summed E-state index contributed by atoms with van der Waals surface area (Å²) in [5.74, 6) is 0.696. The van der Waals surface area contributed by atoms with E-state index in [0.717, 1.165) is 25.1 Å². The maximum absolute atomic E-state index is 13.8. The van der Waals surface area contributed by atoms with E-state index in [-0.39, 0.29) is 11.1 Å². The highest BCUT2D eigenvalue weighted by atomic mass is 35.5. The topological polar surface area (TPSA) is 21.3 Å². The second-order valence-electron chi connectivity index (χ2n) is 5.47. The van der Waals surface area contributed by atoms with Gasteiger partial charge in [-0.1, -0.05) is 41.4 Å². The molecule has 0 bridgehead atoms. The lowest BCUT2D eigenvalue weighted by atomic mass is 9.92. The molecule has 5 heteroatoms. The third-order valence-electron chi connectivity index (χ3n) is 3.83. The van der Waals surface area contributed by atoms with Crippen LogP contribution in [0.4, 0.5) is 4.39 Å². The molecule has 3 rings (SSSR count). The Bertz CT molecular complexity index is 661. The van der Waals surface area contributed by atoms with Gasteiger partial charge in [-0.25, -0.2) is 4.39 Å². The van der Waals surface area contributed by atoms with E-state index in [0.29, 0.717) is 16.7 Å². The highest BCUT2D eigenvalue weighted by Crippen LogP contribution is 2.33. The molecule has 1 aliphatic rings. The average molecular weight is 340 g/mol. The monoisotopic (exact) mass is 339 g/mol. The van der Waals surface area contributed by atoms with Crippen molar-refractivity contribution in [2.75, 3.05) is 13.1 Å². The van der Waals surface area contributed by atoms with Gasteiger partial charge in [0, 0.05) is 0 Å². The second kappa shape index (κ2) is 6.86. The molecular formula is C17H16Cl2FNO. The SMILES string of the molecule is Fc1cc(C(CC2CNC2)Oc2ccccc2Cl)ccc1Cl. The predicted molar refractivity (Wildman–Crippen MR) is 87.2 cm³/mol. The molecule has 116 valence electrons. The molecule has 0 aliphatic carbocycles. The molecular weight excluding hydrogens is 324 g/mol.